The number of aliphatic imine (C=N–C) groups is 1. The molecule has 0 aliphatic carbocycles. The summed E-state index contributed by atoms with van der Waals surface area (Å²) in [5.74, 6) is 1.59. The Hall–Kier alpha value is -2.24. The number of furan rings is 1. The van der Waals surface area contributed by atoms with E-state index >= 15 is 0 Å². The third kappa shape index (κ3) is 7.35. The molecule has 1 heterocycles. The lowest BCUT2D eigenvalue weighted by Gasteiger charge is -2.22. The van der Waals surface area contributed by atoms with Gasteiger partial charge in [-0.1, -0.05) is 12.2 Å². The van der Waals surface area contributed by atoms with Gasteiger partial charge in [0.15, 0.2) is 5.96 Å². The lowest BCUT2D eigenvalue weighted by atomic mass is 9.92. The van der Waals surface area contributed by atoms with Gasteiger partial charge in [0, 0.05) is 26.1 Å². The van der Waals surface area contributed by atoms with Crippen molar-refractivity contribution in [2.24, 2.45) is 10.4 Å². The van der Waals surface area contributed by atoms with Crippen LogP contribution in [0, 0.1) is 5.41 Å². The normalized spacial score (nSPS) is 11.9. The predicted molar refractivity (Wildman–Crippen MR) is 98.0 cm³/mol. The molecular weight excluding hydrogens is 304 g/mol. The first-order valence-electron chi connectivity index (χ1n) is 8.32. The van der Waals surface area contributed by atoms with Crippen molar-refractivity contribution in [3.63, 3.8) is 0 Å². The van der Waals surface area contributed by atoms with Gasteiger partial charge in [0.25, 0.3) is 0 Å². The Morgan fingerprint density at radius 3 is 2.67 bits per heavy atom. The van der Waals surface area contributed by atoms with Crippen molar-refractivity contribution < 1.29 is 9.21 Å². The van der Waals surface area contributed by atoms with E-state index in [4.69, 9.17) is 4.42 Å². The Balaban J connectivity index is 2.61. The largest absolute Gasteiger partial charge is 0.469 e. The predicted octanol–water partition coefficient (Wildman–Crippen LogP) is 2.10. The number of amides is 1. The fourth-order valence-corrected chi connectivity index (χ4v) is 1.92. The Bertz CT molecular complexity index is 547. The zero-order valence-electron chi connectivity index (χ0n) is 15.2. The molecular formula is C18H30N4O2. The van der Waals surface area contributed by atoms with Crippen molar-refractivity contribution in [2.75, 3.05) is 26.2 Å². The Morgan fingerprint density at radius 1 is 1.33 bits per heavy atom. The lowest BCUT2D eigenvalue weighted by molar-refractivity contribution is -0.128. The van der Waals surface area contributed by atoms with E-state index in [1.54, 1.807) is 6.26 Å². The Labute approximate surface area is 144 Å². The minimum absolute atomic E-state index is 0.00332. The van der Waals surface area contributed by atoms with Crippen molar-refractivity contribution in [3.05, 3.63) is 36.3 Å². The van der Waals surface area contributed by atoms with Gasteiger partial charge in [-0.3, -0.25) is 9.79 Å². The molecule has 134 valence electrons. The second-order valence-electron chi connectivity index (χ2n) is 6.47. The van der Waals surface area contributed by atoms with Crippen molar-refractivity contribution in [1.82, 2.24) is 16.0 Å². The lowest BCUT2D eigenvalue weighted by Crippen LogP contribution is -2.42. The van der Waals surface area contributed by atoms with Gasteiger partial charge in [0.1, 0.15) is 5.76 Å². The fraction of sp³-hybridized carbons (Fsp3) is 0.556. The molecule has 0 bridgehead atoms. The van der Waals surface area contributed by atoms with Crippen LogP contribution in [0.25, 0.3) is 0 Å². The van der Waals surface area contributed by atoms with Gasteiger partial charge in [-0.25, -0.2) is 0 Å². The maximum Gasteiger partial charge on any atom is 0.227 e. The molecule has 0 fully saturated rings. The molecule has 0 spiro atoms. The van der Waals surface area contributed by atoms with E-state index in [1.807, 2.05) is 39.8 Å². The van der Waals surface area contributed by atoms with Crippen LogP contribution >= 0.6 is 0 Å². The molecule has 0 saturated carbocycles. The highest BCUT2D eigenvalue weighted by Gasteiger charge is 2.26. The highest BCUT2D eigenvalue weighted by atomic mass is 16.3. The highest BCUT2D eigenvalue weighted by Crippen LogP contribution is 2.15. The first kappa shape index (κ1) is 19.8. The van der Waals surface area contributed by atoms with Gasteiger partial charge in [0.05, 0.1) is 18.2 Å². The Kier molecular flexibility index (Phi) is 8.09. The minimum atomic E-state index is -0.561. The van der Waals surface area contributed by atoms with Crippen LogP contribution < -0.4 is 16.0 Å². The van der Waals surface area contributed by atoms with Gasteiger partial charge in [0.2, 0.25) is 5.91 Å². The standard InChI is InChI=1S/C18H30N4O2/c1-6-19-16(23)18(4,5)13-22-17(21-12-14(2)3)20-10-9-15-8-7-11-24-15/h7-8,11H,2,6,9-10,12-13H2,1,3-5H3,(H,19,23)(H2,20,21,22). The molecule has 6 nitrogen and oxygen atoms in total. The fourth-order valence-electron chi connectivity index (χ4n) is 1.92. The van der Waals surface area contributed by atoms with Crippen molar-refractivity contribution in [2.45, 2.75) is 34.1 Å². The van der Waals surface area contributed by atoms with E-state index in [1.165, 1.54) is 0 Å². The van der Waals surface area contributed by atoms with Gasteiger partial charge >= 0.3 is 0 Å². The second kappa shape index (κ2) is 9.80. The molecule has 1 aromatic heterocycles. The number of guanidine groups is 1. The molecule has 0 aliphatic rings. The molecule has 0 atom stereocenters. The third-order valence-electron chi connectivity index (χ3n) is 3.39. The summed E-state index contributed by atoms with van der Waals surface area (Å²) < 4.78 is 5.32. The average Bonchev–Trinajstić information content (AvgIpc) is 3.02. The summed E-state index contributed by atoms with van der Waals surface area (Å²) in [4.78, 5) is 16.6. The molecule has 6 heteroatoms. The molecule has 1 aromatic rings. The van der Waals surface area contributed by atoms with Crippen molar-refractivity contribution in [1.29, 1.82) is 0 Å². The molecule has 0 radical (unpaired) electrons. The number of nitrogens with zero attached hydrogens (tertiary/aromatic N) is 1. The van der Waals surface area contributed by atoms with Crippen molar-refractivity contribution in [3.8, 4) is 0 Å². The topological polar surface area (TPSA) is 78.7 Å². The molecule has 0 unspecified atom stereocenters. The van der Waals surface area contributed by atoms with Crippen LogP contribution in [-0.4, -0.2) is 38.0 Å². The van der Waals surface area contributed by atoms with E-state index in [0.717, 1.165) is 17.8 Å². The molecule has 1 rings (SSSR count). The van der Waals surface area contributed by atoms with Crippen LogP contribution in [0.5, 0.6) is 0 Å². The molecule has 0 aromatic carbocycles. The number of carbonyl (C=O) groups excluding carboxylic acids is 1. The molecule has 3 N–H and O–H groups in total. The van der Waals surface area contributed by atoms with Gasteiger partial charge < -0.3 is 20.4 Å². The maximum atomic E-state index is 12.1. The number of rotatable bonds is 9. The first-order chi connectivity index (χ1) is 11.3. The summed E-state index contributed by atoms with van der Waals surface area (Å²) in [6, 6.07) is 3.82. The quantitative estimate of drug-likeness (QED) is 0.367. The zero-order valence-corrected chi connectivity index (χ0v) is 15.2. The number of nitrogens with one attached hydrogen (secondary N) is 3. The number of carbonyl (C=O) groups is 1. The zero-order chi connectivity index (χ0) is 18.0. The van der Waals surface area contributed by atoms with Crippen molar-refractivity contribution >= 4 is 11.9 Å². The average molecular weight is 334 g/mol. The Morgan fingerprint density at radius 2 is 2.08 bits per heavy atom. The summed E-state index contributed by atoms with van der Waals surface area (Å²) >= 11 is 0. The van der Waals surface area contributed by atoms with E-state index < -0.39 is 5.41 Å². The van der Waals surface area contributed by atoms with Gasteiger partial charge in [-0.15, -0.1) is 0 Å². The van der Waals surface area contributed by atoms with E-state index in [2.05, 4.69) is 27.5 Å². The monoisotopic (exact) mass is 334 g/mol. The molecule has 24 heavy (non-hydrogen) atoms. The van der Waals surface area contributed by atoms with Crippen LogP contribution in [0.4, 0.5) is 0 Å². The van der Waals surface area contributed by atoms with Gasteiger partial charge in [-0.05, 0) is 39.8 Å². The van der Waals surface area contributed by atoms with Crippen LogP contribution in [-0.2, 0) is 11.2 Å². The number of hydrogen-bond donors (Lipinski definition) is 3. The van der Waals surface area contributed by atoms with E-state index in [9.17, 15) is 4.79 Å². The third-order valence-corrected chi connectivity index (χ3v) is 3.39. The highest BCUT2D eigenvalue weighted by molar-refractivity contribution is 5.83. The van der Waals surface area contributed by atoms with Crippen LogP contribution in [0.2, 0.25) is 0 Å². The SMILES string of the molecule is C=C(C)CNC(=NCC(C)(C)C(=O)NCC)NCCc1ccco1. The summed E-state index contributed by atoms with van der Waals surface area (Å²) in [6.07, 6.45) is 2.43. The van der Waals surface area contributed by atoms with Crippen LogP contribution in [0.1, 0.15) is 33.5 Å². The maximum absolute atomic E-state index is 12.1. The van der Waals surface area contributed by atoms with Crippen LogP contribution in [0.15, 0.2) is 40.0 Å². The molecule has 0 saturated heterocycles. The van der Waals surface area contributed by atoms with Crippen LogP contribution in [0.3, 0.4) is 0 Å². The molecule has 1 amide bonds. The minimum Gasteiger partial charge on any atom is -0.469 e. The van der Waals surface area contributed by atoms with E-state index in [-0.39, 0.29) is 5.91 Å². The van der Waals surface area contributed by atoms with Gasteiger partial charge in [-0.2, -0.15) is 0 Å². The summed E-state index contributed by atoms with van der Waals surface area (Å²) in [7, 11) is 0. The molecule has 0 aliphatic heterocycles. The summed E-state index contributed by atoms with van der Waals surface area (Å²) in [6.45, 7) is 13.9. The number of hydrogen-bond acceptors (Lipinski definition) is 3. The second-order valence-corrected chi connectivity index (χ2v) is 6.47. The summed E-state index contributed by atoms with van der Waals surface area (Å²) in [5.41, 5.74) is 0.452. The smallest absolute Gasteiger partial charge is 0.227 e. The first-order valence-corrected chi connectivity index (χ1v) is 8.32. The van der Waals surface area contributed by atoms with E-state index in [0.29, 0.717) is 32.1 Å². The summed E-state index contributed by atoms with van der Waals surface area (Å²) in [5, 5.41) is 9.33.